The SMILES string of the molecule is CCOC(=O)Cn1nc2c(cnc3ccccc32)c1OCc1ccccc1Br. The molecule has 2 aromatic heterocycles. The van der Waals surface area contributed by atoms with Gasteiger partial charge in [0.05, 0.1) is 17.5 Å². The summed E-state index contributed by atoms with van der Waals surface area (Å²) < 4.78 is 13.7. The lowest BCUT2D eigenvalue weighted by Crippen LogP contribution is -2.15. The smallest absolute Gasteiger partial charge is 0.327 e. The number of hydrogen-bond donors (Lipinski definition) is 0. The van der Waals surface area contributed by atoms with Crippen LogP contribution >= 0.6 is 15.9 Å². The topological polar surface area (TPSA) is 66.2 Å². The van der Waals surface area contributed by atoms with Crippen molar-refractivity contribution < 1.29 is 14.3 Å². The van der Waals surface area contributed by atoms with Crippen LogP contribution in [0.1, 0.15) is 12.5 Å². The summed E-state index contributed by atoms with van der Waals surface area (Å²) in [6, 6.07) is 15.6. The average molecular weight is 440 g/mol. The maximum absolute atomic E-state index is 12.1. The Morgan fingerprint density at radius 3 is 2.71 bits per heavy atom. The molecule has 4 rings (SSSR count). The molecule has 0 aliphatic rings. The molecule has 0 saturated heterocycles. The van der Waals surface area contributed by atoms with Gasteiger partial charge in [0.25, 0.3) is 0 Å². The second-order valence-corrected chi connectivity index (χ2v) is 7.04. The fourth-order valence-corrected chi connectivity index (χ4v) is 3.45. The lowest BCUT2D eigenvalue weighted by atomic mass is 10.2. The third-order valence-corrected chi connectivity index (χ3v) is 5.11. The summed E-state index contributed by atoms with van der Waals surface area (Å²) in [6.07, 6.45) is 1.74. The molecule has 4 aromatic rings. The molecule has 0 aliphatic heterocycles. The normalized spacial score (nSPS) is 11.1. The summed E-state index contributed by atoms with van der Waals surface area (Å²) in [5.74, 6) is 0.135. The Morgan fingerprint density at radius 1 is 1.11 bits per heavy atom. The van der Waals surface area contributed by atoms with Crippen molar-refractivity contribution in [2.24, 2.45) is 0 Å². The van der Waals surface area contributed by atoms with Gasteiger partial charge in [0, 0.05) is 21.6 Å². The van der Waals surface area contributed by atoms with Crippen LogP contribution in [0, 0.1) is 0 Å². The van der Waals surface area contributed by atoms with E-state index in [1.165, 1.54) is 0 Å². The largest absolute Gasteiger partial charge is 0.472 e. The van der Waals surface area contributed by atoms with E-state index < -0.39 is 0 Å². The van der Waals surface area contributed by atoms with Crippen molar-refractivity contribution in [2.45, 2.75) is 20.1 Å². The number of rotatable bonds is 6. The second kappa shape index (κ2) is 7.98. The summed E-state index contributed by atoms with van der Waals surface area (Å²) >= 11 is 3.53. The molecule has 28 heavy (non-hydrogen) atoms. The number of halogens is 1. The Balaban J connectivity index is 1.78. The van der Waals surface area contributed by atoms with Crippen molar-refractivity contribution in [3.63, 3.8) is 0 Å². The van der Waals surface area contributed by atoms with Crippen LogP contribution in [-0.2, 0) is 22.7 Å². The predicted molar refractivity (Wildman–Crippen MR) is 110 cm³/mol. The average Bonchev–Trinajstić information content (AvgIpc) is 3.05. The van der Waals surface area contributed by atoms with E-state index in [1.807, 2.05) is 48.5 Å². The van der Waals surface area contributed by atoms with Crippen LogP contribution < -0.4 is 4.74 Å². The van der Waals surface area contributed by atoms with Crippen molar-refractivity contribution in [1.29, 1.82) is 0 Å². The highest BCUT2D eigenvalue weighted by Gasteiger charge is 2.18. The molecule has 0 saturated carbocycles. The Hall–Kier alpha value is -2.93. The summed E-state index contributed by atoms with van der Waals surface area (Å²) in [4.78, 5) is 16.6. The number of nitrogens with zero attached hydrogens (tertiary/aromatic N) is 3. The van der Waals surface area contributed by atoms with Gasteiger partial charge >= 0.3 is 5.97 Å². The molecule has 2 heterocycles. The molecule has 0 bridgehead atoms. The molecule has 0 N–H and O–H groups in total. The minimum absolute atomic E-state index is 0.0257. The number of benzene rings is 2. The lowest BCUT2D eigenvalue weighted by molar-refractivity contribution is -0.144. The number of para-hydroxylation sites is 1. The van der Waals surface area contributed by atoms with Crippen molar-refractivity contribution in [3.8, 4) is 5.88 Å². The quantitative estimate of drug-likeness (QED) is 0.414. The summed E-state index contributed by atoms with van der Waals surface area (Å²) in [6.45, 7) is 2.40. The Morgan fingerprint density at radius 2 is 1.89 bits per heavy atom. The number of fused-ring (bicyclic) bond motifs is 3. The van der Waals surface area contributed by atoms with E-state index in [1.54, 1.807) is 17.8 Å². The van der Waals surface area contributed by atoms with Gasteiger partial charge in [-0.05, 0) is 19.1 Å². The number of aromatic nitrogens is 3. The van der Waals surface area contributed by atoms with E-state index in [-0.39, 0.29) is 12.5 Å². The van der Waals surface area contributed by atoms with Gasteiger partial charge in [-0.1, -0.05) is 52.3 Å². The zero-order valence-corrected chi connectivity index (χ0v) is 16.8. The van der Waals surface area contributed by atoms with E-state index in [4.69, 9.17) is 9.47 Å². The zero-order valence-electron chi connectivity index (χ0n) is 15.3. The van der Waals surface area contributed by atoms with Crippen LogP contribution in [0.4, 0.5) is 0 Å². The first-order valence-electron chi connectivity index (χ1n) is 8.93. The van der Waals surface area contributed by atoms with Crippen LogP contribution in [0.3, 0.4) is 0 Å². The molecule has 0 unspecified atom stereocenters. The molecule has 0 atom stereocenters. The fraction of sp³-hybridized carbons (Fsp3) is 0.190. The second-order valence-electron chi connectivity index (χ2n) is 6.19. The number of carbonyl (C=O) groups excluding carboxylic acids is 1. The molecule has 0 radical (unpaired) electrons. The molecule has 0 fully saturated rings. The number of carbonyl (C=O) groups is 1. The van der Waals surface area contributed by atoms with Crippen molar-refractivity contribution in [2.75, 3.05) is 6.61 Å². The number of hydrogen-bond acceptors (Lipinski definition) is 5. The van der Waals surface area contributed by atoms with Crippen LogP contribution in [0.2, 0.25) is 0 Å². The Bertz CT molecular complexity index is 1160. The molecule has 0 aliphatic carbocycles. The highest BCUT2D eigenvalue weighted by atomic mass is 79.9. The molecule has 142 valence electrons. The Kier molecular flexibility index (Phi) is 5.25. The van der Waals surface area contributed by atoms with Gasteiger partial charge < -0.3 is 9.47 Å². The van der Waals surface area contributed by atoms with Gasteiger partial charge in [-0.15, -0.1) is 0 Å². The predicted octanol–water partition coefficient (Wildman–Crippen LogP) is 4.49. The van der Waals surface area contributed by atoms with Crippen molar-refractivity contribution in [3.05, 3.63) is 64.8 Å². The molecule has 7 heteroatoms. The van der Waals surface area contributed by atoms with E-state index in [0.29, 0.717) is 19.1 Å². The molecule has 2 aromatic carbocycles. The van der Waals surface area contributed by atoms with Crippen molar-refractivity contribution >= 4 is 43.7 Å². The highest BCUT2D eigenvalue weighted by Crippen LogP contribution is 2.31. The summed E-state index contributed by atoms with van der Waals surface area (Å²) in [5, 5.41) is 6.31. The van der Waals surface area contributed by atoms with E-state index in [9.17, 15) is 4.79 Å². The molecular weight excluding hydrogens is 422 g/mol. The summed E-state index contributed by atoms with van der Waals surface area (Å²) in [7, 11) is 0. The van der Waals surface area contributed by atoms with Gasteiger partial charge in [0.2, 0.25) is 5.88 Å². The monoisotopic (exact) mass is 439 g/mol. The minimum Gasteiger partial charge on any atom is -0.472 e. The van der Waals surface area contributed by atoms with Gasteiger partial charge in [0.1, 0.15) is 18.7 Å². The first-order valence-corrected chi connectivity index (χ1v) is 9.72. The maximum Gasteiger partial charge on any atom is 0.327 e. The Labute approximate surface area is 170 Å². The molecule has 6 nitrogen and oxygen atoms in total. The van der Waals surface area contributed by atoms with E-state index in [2.05, 4.69) is 26.0 Å². The van der Waals surface area contributed by atoms with Gasteiger partial charge in [-0.2, -0.15) is 5.10 Å². The maximum atomic E-state index is 12.1. The molecular formula is C21H18BrN3O3. The fourth-order valence-electron chi connectivity index (χ4n) is 3.05. The van der Waals surface area contributed by atoms with Crippen LogP contribution in [0.5, 0.6) is 5.88 Å². The van der Waals surface area contributed by atoms with Crippen LogP contribution in [0.15, 0.2) is 59.2 Å². The first kappa shape index (κ1) is 18.4. The number of esters is 1. The number of pyridine rings is 1. The zero-order chi connectivity index (χ0) is 19.5. The van der Waals surface area contributed by atoms with Crippen LogP contribution in [-0.4, -0.2) is 27.3 Å². The van der Waals surface area contributed by atoms with Crippen molar-refractivity contribution in [1.82, 2.24) is 14.8 Å². The van der Waals surface area contributed by atoms with Crippen LogP contribution in [0.25, 0.3) is 21.8 Å². The lowest BCUT2D eigenvalue weighted by Gasteiger charge is -2.10. The van der Waals surface area contributed by atoms with Gasteiger partial charge in [0.15, 0.2) is 0 Å². The highest BCUT2D eigenvalue weighted by molar-refractivity contribution is 9.10. The summed E-state index contributed by atoms with van der Waals surface area (Å²) in [5.41, 5.74) is 2.58. The molecule has 0 spiro atoms. The third kappa shape index (κ3) is 3.57. The number of ether oxygens (including phenoxy) is 2. The molecule has 0 amide bonds. The van der Waals surface area contributed by atoms with E-state index >= 15 is 0 Å². The minimum atomic E-state index is -0.363. The third-order valence-electron chi connectivity index (χ3n) is 4.34. The van der Waals surface area contributed by atoms with Gasteiger partial charge in [-0.3, -0.25) is 9.78 Å². The van der Waals surface area contributed by atoms with Gasteiger partial charge in [-0.25, -0.2) is 4.68 Å². The van der Waals surface area contributed by atoms with E-state index in [0.717, 1.165) is 31.8 Å². The first-order chi connectivity index (χ1) is 13.7. The standard InChI is InChI=1S/C21H18BrN3O3/c1-2-27-19(26)12-25-21(28-13-14-7-3-5-9-17(14)22)16-11-23-18-10-6-4-8-15(18)20(16)24-25/h3-11H,2,12-13H2,1H3.